The van der Waals surface area contributed by atoms with Gasteiger partial charge in [0.1, 0.15) is 5.82 Å². The van der Waals surface area contributed by atoms with Gasteiger partial charge in [-0.15, -0.1) is 0 Å². The lowest BCUT2D eigenvalue weighted by Crippen LogP contribution is -2.26. The first-order valence-electron chi connectivity index (χ1n) is 7.84. The average molecular weight is 275 g/mol. The van der Waals surface area contributed by atoms with Crippen molar-refractivity contribution in [1.29, 1.82) is 0 Å². The Kier molecular flexibility index (Phi) is 5.03. The fraction of sp³-hybridized carbons (Fsp3) is 0.706. The summed E-state index contributed by atoms with van der Waals surface area (Å²) in [6, 6.07) is 4.25. The molecule has 3 nitrogen and oxygen atoms in total. The maximum atomic E-state index is 4.40. The van der Waals surface area contributed by atoms with Gasteiger partial charge < -0.3 is 5.32 Å². The Hall–Kier alpha value is -1.09. The van der Waals surface area contributed by atoms with Crippen molar-refractivity contribution in [2.24, 2.45) is 11.3 Å². The minimum atomic E-state index is 0.450. The van der Waals surface area contributed by atoms with E-state index in [1.54, 1.807) is 0 Å². The van der Waals surface area contributed by atoms with Gasteiger partial charge in [-0.3, -0.25) is 4.90 Å². The van der Waals surface area contributed by atoms with Crippen LogP contribution >= 0.6 is 0 Å². The van der Waals surface area contributed by atoms with E-state index < -0.39 is 0 Å². The Morgan fingerprint density at radius 2 is 2.05 bits per heavy atom. The summed E-state index contributed by atoms with van der Waals surface area (Å²) in [6.07, 6.45) is 6.02. The van der Waals surface area contributed by atoms with Crippen LogP contribution in [-0.4, -0.2) is 30.0 Å². The smallest absolute Gasteiger partial charge is 0.125 e. The topological polar surface area (TPSA) is 28.2 Å². The summed E-state index contributed by atoms with van der Waals surface area (Å²) in [5.41, 5.74) is 1.77. The number of hydrogen-bond donors (Lipinski definition) is 1. The van der Waals surface area contributed by atoms with Crippen molar-refractivity contribution in [3.8, 4) is 0 Å². The van der Waals surface area contributed by atoms with E-state index in [-0.39, 0.29) is 0 Å². The lowest BCUT2D eigenvalue weighted by molar-refractivity contribution is 0.206. The summed E-state index contributed by atoms with van der Waals surface area (Å²) in [7, 11) is 1.91. The molecule has 1 aromatic heterocycles. The zero-order valence-electron chi connectivity index (χ0n) is 13.4. The number of likely N-dealkylation sites (tertiary alicyclic amines) is 1. The number of pyridine rings is 1. The second kappa shape index (κ2) is 6.57. The first-order chi connectivity index (χ1) is 9.49. The molecular weight excluding hydrogens is 246 g/mol. The van der Waals surface area contributed by atoms with Crippen LogP contribution in [0.15, 0.2) is 18.3 Å². The quantitative estimate of drug-likeness (QED) is 0.910. The Bertz CT molecular complexity index is 405. The van der Waals surface area contributed by atoms with Gasteiger partial charge in [0, 0.05) is 19.8 Å². The molecule has 0 saturated carbocycles. The molecule has 0 radical (unpaired) electrons. The van der Waals surface area contributed by atoms with Gasteiger partial charge in [0.25, 0.3) is 0 Å². The van der Waals surface area contributed by atoms with Gasteiger partial charge in [-0.05, 0) is 55.3 Å². The maximum absolute atomic E-state index is 4.40. The second-order valence-electron chi connectivity index (χ2n) is 7.07. The molecule has 1 aliphatic heterocycles. The fourth-order valence-corrected chi connectivity index (χ4v) is 3.10. The van der Waals surface area contributed by atoms with Crippen LogP contribution in [0.3, 0.4) is 0 Å². The molecule has 0 aliphatic carbocycles. The van der Waals surface area contributed by atoms with E-state index in [0.717, 1.165) is 18.3 Å². The first-order valence-corrected chi connectivity index (χ1v) is 7.84. The summed E-state index contributed by atoms with van der Waals surface area (Å²) in [6.45, 7) is 10.6. The average Bonchev–Trinajstić information content (AvgIpc) is 2.65. The van der Waals surface area contributed by atoms with E-state index in [0.29, 0.717) is 5.41 Å². The van der Waals surface area contributed by atoms with Crippen LogP contribution < -0.4 is 5.32 Å². The Morgan fingerprint density at radius 1 is 1.25 bits per heavy atom. The van der Waals surface area contributed by atoms with Crippen LogP contribution in [0.25, 0.3) is 0 Å². The summed E-state index contributed by atoms with van der Waals surface area (Å²) in [5.74, 6) is 1.80. The largest absolute Gasteiger partial charge is 0.373 e. The molecule has 0 aromatic carbocycles. The summed E-state index contributed by atoms with van der Waals surface area (Å²) in [4.78, 5) is 6.99. The van der Waals surface area contributed by atoms with Crippen LogP contribution in [0, 0.1) is 11.3 Å². The van der Waals surface area contributed by atoms with E-state index in [2.05, 4.69) is 48.1 Å². The van der Waals surface area contributed by atoms with Gasteiger partial charge in [0.2, 0.25) is 0 Å². The van der Waals surface area contributed by atoms with Gasteiger partial charge in [-0.1, -0.05) is 26.8 Å². The van der Waals surface area contributed by atoms with Crippen molar-refractivity contribution >= 4 is 5.82 Å². The van der Waals surface area contributed by atoms with Crippen molar-refractivity contribution in [2.75, 3.05) is 25.5 Å². The number of aromatic nitrogens is 1. The van der Waals surface area contributed by atoms with Crippen molar-refractivity contribution in [3.63, 3.8) is 0 Å². The maximum Gasteiger partial charge on any atom is 0.125 e. The number of rotatable bonds is 3. The van der Waals surface area contributed by atoms with Crippen molar-refractivity contribution < 1.29 is 0 Å². The molecule has 20 heavy (non-hydrogen) atoms. The van der Waals surface area contributed by atoms with Crippen molar-refractivity contribution in [2.45, 2.75) is 46.6 Å². The highest BCUT2D eigenvalue weighted by atomic mass is 15.1. The molecule has 2 heterocycles. The van der Waals surface area contributed by atoms with E-state index in [1.165, 1.54) is 37.9 Å². The summed E-state index contributed by atoms with van der Waals surface area (Å²) in [5, 5.41) is 3.07. The zero-order chi connectivity index (χ0) is 14.6. The monoisotopic (exact) mass is 275 g/mol. The zero-order valence-corrected chi connectivity index (χ0v) is 13.4. The van der Waals surface area contributed by atoms with Crippen molar-refractivity contribution in [1.82, 2.24) is 9.88 Å². The van der Waals surface area contributed by atoms with Gasteiger partial charge in [-0.2, -0.15) is 0 Å². The van der Waals surface area contributed by atoms with Crippen LogP contribution in [0.4, 0.5) is 5.82 Å². The molecular formula is C17H29N3. The van der Waals surface area contributed by atoms with Crippen LogP contribution in [0.2, 0.25) is 0 Å². The Labute approximate surface area is 123 Å². The lowest BCUT2D eigenvalue weighted by Gasteiger charge is -2.29. The molecule has 1 saturated heterocycles. The predicted octanol–water partition coefficient (Wildman–Crippen LogP) is 3.77. The van der Waals surface area contributed by atoms with Crippen LogP contribution in [0.1, 0.15) is 45.6 Å². The third kappa shape index (κ3) is 4.20. The van der Waals surface area contributed by atoms with Gasteiger partial charge in [-0.25, -0.2) is 4.98 Å². The van der Waals surface area contributed by atoms with E-state index in [1.807, 2.05) is 13.2 Å². The summed E-state index contributed by atoms with van der Waals surface area (Å²) < 4.78 is 0. The number of anilines is 1. The molecule has 0 bridgehead atoms. The highest BCUT2D eigenvalue weighted by Crippen LogP contribution is 2.34. The molecule has 2 rings (SSSR count). The molecule has 1 fully saturated rings. The van der Waals surface area contributed by atoms with Gasteiger partial charge in [0.05, 0.1) is 0 Å². The highest BCUT2D eigenvalue weighted by molar-refractivity contribution is 5.34. The standard InChI is InChI=1S/C17H29N3/c1-17(2,3)15-6-5-10-20(11-9-15)13-14-7-8-16(18-4)19-12-14/h7-8,12,15H,5-6,9-11,13H2,1-4H3,(H,18,19). The second-order valence-corrected chi connectivity index (χ2v) is 7.07. The van der Waals surface area contributed by atoms with Gasteiger partial charge >= 0.3 is 0 Å². The Morgan fingerprint density at radius 3 is 2.65 bits per heavy atom. The van der Waals surface area contributed by atoms with Crippen molar-refractivity contribution in [3.05, 3.63) is 23.9 Å². The predicted molar refractivity (Wildman–Crippen MR) is 85.9 cm³/mol. The molecule has 1 aromatic rings. The number of hydrogen-bond acceptors (Lipinski definition) is 3. The third-order valence-electron chi connectivity index (χ3n) is 4.53. The molecule has 1 aliphatic rings. The lowest BCUT2D eigenvalue weighted by atomic mass is 9.77. The fourth-order valence-electron chi connectivity index (χ4n) is 3.10. The normalized spacial score (nSPS) is 21.5. The third-order valence-corrected chi connectivity index (χ3v) is 4.53. The first kappa shape index (κ1) is 15.3. The molecule has 112 valence electrons. The number of nitrogens with zero attached hydrogens (tertiary/aromatic N) is 2. The van der Waals surface area contributed by atoms with Gasteiger partial charge in [0.15, 0.2) is 0 Å². The Balaban J connectivity index is 1.90. The molecule has 1 unspecified atom stereocenters. The molecule has 1 N–H and O–H groups in total. The SMILES string of the molecule is CNc1ccc(CN2CCCC(C(C)(C)C)CC2)cn1. The van der Waals surface area contributed by atoms with E-state index in [9.17, 15) is 0 Å². The molecule has 3 heteroatoms. The van der Waals surface area contributed by atoms with Crippen LogP contribution in [-0.2, 0) is 6.54 Å². The molecule has 1 atom stereocenters. The highest BCUT2D eigenvalue weighted by Gasteiger charge is 2.26. The van der Waals surface area contributed by atoms with E-state index >= 15 is 0 Å². The van der Waals surface area contributed by atoms with Crippen LogP contribution in [0.5, 0.6) is 0 Å². The minimum Gasteiger partial charge on any atom is -0.373 e. The van der Waals surface area contributed by atoms with E-state index in [4.69, 9.17) is 0 Å². The summed E-state index contributed by atoms with van der Waals surface area (Å²) >= 11 is 0. The minimum absolute atomic E-state index is 0.450. The molecule has 0 amide bonds. The molecule has 0 spiro atoms. The number of nitrogens with one attached hydrogen (secondary N) is 1.